The van der Waals surface area contributed by atoms with Gasteiger partial charge in [-0.25, -0.2) is 9.59 Å². The minimum atomic E-state index is -0.668. The Bertz CT molecular complexity index is 1420. The third-order valence-electron chi connectivity index (χ3n) is 5.27. The third-order valence-corrected chi connectivity index (χ3v) is 6.14. The van der Waals surface area contributed by atoms with E-state index in [0.717, 1.165) is 4.90 Å². The van der Waals surface area contributed by atoms with Crippen LogP contribution in [0, 0.1) is 0 Å². The Morgan fingerprint density at radius 1 is 1.05 bits per heavy atom. The summed E-state index contributed by atoms with van der Waals surface area (Å²) in [6, 6.07) is 10.4. The monoisotopic (exact) mass is 564 g/mol. The Morgan fingerprint density at radius 3 is 2.54 bits per heavy atom. The Labute approximate surface area is 226 Å². The van der Waals surface area contributed by atoms with E-state index in [1.54, 1.807) is 30.3 Å². The van der Waals surface area contributed by atoms with Crippen molar-refractivity contribution >= 4 is 58.8 Å². The number of urea groups is 1. The van der Waals surface area contributed by atoms with E-state index in [9.17, 15) is 14.4 Å². The number of esters is 1. The van der Waals surface area contributed by atoms with Crippen molar-refractivity contribution in [1.82, 2.24) is 10.2 Å². The van der Waals surface area contributed by atoms with E-state index < -0.39 is 17.9 Å². The molecule has 2 aromatic carbocycles. The molecular formula is C25H19Cl3N2O7. The van der Waals surface area contributed by atoms with Crippen LogP contribution in [0.25, 0.3) is 6.08 Å². The minimum absolute atomic E-state index is 0.0180. The molecule has 1 aliphatic heterocycles. The molecule has 0 atom stereocenters. The molecule has 37 heavy (non-hydrogen) atoms. The summed E-state index contributed by atoms with van der Waals surface area (Å²) >= 11 is 18.6. The van der Waals surface area contributed by atoms with Crippen LogP contribution in [0.4, 0.5) is 4.79 Å². The maximum Gasteiger partial charge on any atom is 0.373 e. The first kappa shape index (κ1) is 26.4. The van der Waals surface area contributed by atoms with Crippen molar-refractivity contribution in [2.75, 3.05) is 14.2 Å². The number of furan rings is 1. The molecule has 12 heteroatoms. The fraction of sp³-hybridized carbons (Fsp3) is 0.160. The Kier molecular flexibility index (Phi) is 7.97. The number of hydrogen-bond donors (Lipinski definition) is 1. The van der Waals surface area contributed by atoms with Crippen molar-refractivity contribution in [2.45, 2.75) is 13.2 Å². The highest BCUT2D eigenvalue weighted by atomic mass is 35.5. The SMILES string of the molecule is COC(=O)c1ccc(CN2C(=O)N/C(=C\c3cc(Cl)c(OCc4ccc(Cl)cc4Cl)c(OC)c3)C2=O)o1. The standard InChI is InChI=1S/C25H19Cl3N2O7/c1-34-21-9-13(7-18(28)22(21)36-12-14-3-4-15(26)10-17(14)27)8-19-23(31)30(25(33)29-19)11-16-5-6-20(37-16)24(32)35-2/h3-10H,11-12H2,1-2H3,(H,29,33)/b19-8-. The van der Waals surface area contributed by atoms with Gasteiger partial charge in [-0.1, -0.05) is 40.9 Å². The van der Waals surface area contributed by atoms with Gasteiger partial charge in [-0.3, -0.25) is 9.69 Å². The fourth-order valence-electron chi connectivity index (χ4n) is 3.46. The Morgan fingerprint density at radius 2 is 1.84 bits per heavy atom. The normalized spacial score (nSPS) is 14.2. The third kappa shape index (κ3) is 5.85. The molecule has 1 aromatic heterocycles. The molecule has 0 bridgehead atoms. The summed E-state index contributed by atoms with van der Waals surface area (Å²) in [6.45, 7) is -0.0659. The second-order valence-electron chi connectivity index (χ2n) is 7.70. The molecule has 1 aliphatic rings. The molecule has 0 radical (unpaired) electrons. The number of halogens is 3. The lowest BCUT2D eigenvalue weighted by Gasteiger charge is -2.14. The smallest absolute Gasteiger partial charge is 0.373 e. The van der Waals surface area contributed by atoms with Crippen LogP contribution in [0.2, 0.25) is 15.1 Å². The van der Waals surface area contributed by atoms with E-state index >= 15 is 0 Å². The zero-order valence-electron chi connectivity index (χ0n) is 19.5. The number of hydrogen-bond acceptors (Lipinski definition) is 7. The van der Waals surface area contributed by atoms with Gasteiger partial charge in [0.1, 0.15) is 18.1 Å². The second kappa shape index (κ2) is 11.2. The van der Waals surface area contributed by atoms with Gasteiger partial charge in [0.2, 0.25) is 5.76 Å². The number of nitrogens with zero attached hydrogens (tertiary/aromatic N) is 1. The number of methoxy groups -OCH3 is 2. The molecule has 1 fully saturated rings. The van der Waals surface area contributed by atoms with Gasteiger partial charge in [-0.15, -0.1) is 0 Å². The quantitative estimate of drug-likeness (QED) is 0.212. The average molecular weight is 566 g/mol. The van der Waals surface area contributed by atoms with Gasteiger partial charge in [0.05, 0.1) is 25.8 Å². The predicted molar refractivity (Wildman–Crippen MR) is 136 cm³/mol. The number of carbonyl (C=O) groups excluding carboxylic acids is 3. The summed E-state index contributed by atoms with van der Waals surface area (Å²) in [5, 5.41) is 3.68. The predicted octanol–water partition coefficient (Wildman–Crippen LogP) is 5.71. The van der Waals surface area contributed by atoms with Crippen LogP contribution in [0.1, 0.15) is 27.4 Å². The molecule has 2 heterocycles. The van der Waals surface area contributed by atoms with Crippen LogP contribution in [-0.2, 0) is 22.7 Å². The lowest BCUT2D eigenvalue weighted by molar-refractivity contribution is -0.123. The zero-order valence-corrected chi connectivity index (χ0v) is 21.7. The summed E-state index contributed by atoms with van der Waals surface area (Å²) in [5.74, 6) is -0.476. The van der Waals surface area contributed by atoms with Crippen molar-refractivity contribution in [3.63, 3.8) is 0 Å². The average Bonchev–Trinajstić information content (AvgIpc) is 3.44. The molecule has 3 aromatic rings. The van der Waals surface area contributed by atoms with Gasteiger partial charge in [0, 0.05) is 15.6 Å². The number of ether oxygens (including phenoxy) is 3. The summed E-state index contributed by atoms with van der Waals surface area (Å²) in [7, 11) is 2.66. The molecule has 1 saturated heterocycles. The van der Waals surface area contributed by atoms with E-state index in [2.05, 4.69) is 10.1 Å². The van der Waals surface area contributed by atoms with Gasteiger partial charge >= 0.3 is 12.0 Å². The minimum Gasteiger partial charge on any atom is -0.493 e. The number of benzene rings is 2. The summed E-state index contributed by atoms with van der Waals surface area (Å²) in [5.41, 5.74) is 1.20. The lowest BCUT2D eigenvalue weighted by atomic mass is 10.1. The topological polar surface area (TPSA) is 107 Å². The number of amides is 3. The fourth-order valence-corrected chi connectivity index (χ4v) is 4.20. The molecule has 192 valence electrons. The molecule has 0 aliphatic carbocycles. The number of imide groups is 1. The molecular weight excluding hydrogens is 547 g/mol. The molecule has 1 N–H and O–H groups in total. The second-order valence-corrected chi connectivity index (χ2v) is 8.95. The number of carbonyl (C=O) groups is 3. The summed E-state index contributed by atoms with van der Waals surface area (Å²) < 4.78 is 21.2. The van der Waals surface area contributed by atoms with E-state index in [0.29, 0.717) is 26.9 Å². The van der Waals surface area contributed by atoms with E-state index in [4.69, 9.17) is 48.7 Å². The first-order chi connectivity index (χ1) is 17.7. The van der Waals surface area contributed by atoms with Crippen molar-refractivity contribution in [2.24, 2.45) is 0 Å². The van der Waals surface area contributed by atoms with Crippen LogP contribution in [0.3, 0.4) is 0 Å². The van der Waals surface area contributed by atoms with Crippen LogP contribution in [-0.4, -0.2) is 37.0 Å². The Hall–Kier alpha value is -3.66. The van der Waals surface area contributed by atoms with Gasteiger partial charge in [-0.05, 0) is 48.0 Å². The van der Waals surface area contributed by atoms with Crippen molar-refractivity contribution in [3.05, 3.63) is 85.9 Å². The zero-order chi connectivity index (χ0) is 26.7. The molecule has 3 amide bonds. The first-order valence-corrected chi connectivity index (χ1v) is 11.8. The van der Waals surface area contributed by atoms with Crippen LogP contribution >= 0.6 is 34.8 Å². The lowest BCUT2D eigenvalue weighted by Crippen LogP contribution is -2.30. The number of nitrogens with one attached hydrogen (secondary N) is 1. The van der Waals surface area contributed by atoms with E-state index in [1.807, 2.05) is 0 Å². The molecule has 0 saturated carbocycles. The first-order valence-electron chi connectivity index (χ1n) is 10.7. The maximum atomic E-state index is 12.9. The Balaban J connectivity index is 1.51. The van der Waals surface area contributed by atoms with Gasteiger partial charge in [0.15, 0.2) is 11.5 Å². The maximum absolute atomic E-state index is 12.9. The van der Waals surface area contributed by atoms with Crippen molar-refractivity contribution < 1.29 is 33.0 Å². The van der Waals surface area contributed by atoms with Gasteiger partial charge in [-0.2, -0.15) is 0 Å². The van der Waals surface area contributed by atoms with Crippen molar-refractivity contribution in [1.29, 1.82) is 0 Å². The molecule has 0 unspecified atom stereocenters. The summed E-state index contributed by atoms with van der Waals surface area (Å²) in [4.78, 5) is 37.8. The van der Waals surface area contributed by atoms with Gasteiger partial charge in [0.25, 0.3) is 5.91 Å². The van der Waals surface area contributed by atoms with Crippen molar-refractivity contribution in [3.8, 4) is 11.5 Å². The summed E-state index contributed by atoms with van der Waals surface area (Å²) in [6.07, 6.45) is 1.45. The molecule has 4 rings (SSSR count). The van der Waals surface area contributed by atoms with Crippen LogP contribution in [0.15, 0.2) is 52.6 Å². The number of rotatable bonds is 8. The van der Waals surface area contributed by atoms with Gasteiger partial charge < -0.3 is 23.9 Å². The van der Waals surface area contributed by atoms with Crippen LogP contribution < -0.4 is 14.8 Å². The largest absolute Gasteiger partial charge is 0.493 e. The van der Waals surface area contributed by atoms with E-state index in [-0.39, 0.29) is 41.1 Å². The highest BCUT2D eigenvalue weighted by Crippen LogP contribution is 2.38. The van der Waals surface area contributed by atoms with Crippen LogP contribution in [0.5, 0.6) is 11.5 Å². The molecule has 9 nitrogen and oxygen atoms in total. The van der Waals surface area contributed by atoms with E-state index in [1.165, 1.54) is 32.4 Å². The highest BCUT2D eigenvalue weighted by Gasteiger charge is 2.34. The highest BCUT2D eigenvalue weighted by molar-refractivity contribution is 6.35. The molecule has 0 spiro atoms.